The third kappa shape index (κ3) is 4.28. The second-order valence-electron chi connectivity index (χ2n) is 7.35. The van der Waals surface area contributed by atoms with E-state index in [2.05, 4.69) is 50.5 Å². The molecule has 0 aliphatic carbocycles. The Bertz CT molecular complexity index is 971. The van der Waals surface area contributed by atoms with Gasteiger partial charge in [-0.2, -0.15) is 0 Å². The molecule has 2 aromatic heterocycles. The van der Waals surface area contributed by atoms with Crippen LogP contribution in [0.5, 0.6) is 0 Å². The molecule has 144 valence electrons. The lowest BCUT2D eigenvalue weighted by Gasteiger charge is -2.17. The van der Waals surface area contributed by atoms with E-state index in [-0.39, 0.29) is 5.56 Å². The molecule has 1 saturated heterocycles. The minimum Gasteiger partial charge on any atom is -0.355 e. The Morgan fingerprint density at radius 1 is 1.14 bits per heavy atom. The molecule has 1 aliphatic heterocycles. The quantitative estimate of drug-likeness (QED) is 0.718. The van der Waals surface area contributed by atoms with Gasteiger partial charge in [0.25, 0.3) is 5.56 Å². The zero-order valence-electron chi connectivity index (χ0n) is 16.1. The molecule has 0 spiro atoms. The summed E-state index contributed by atoms with van der Waals surface area (Å²) in [6.07, 6.45) is 4.57. The predicted octanol–water partition coefficient (Wildman–Crippen LogP) is 2.78. The molecule has 4 rings (SSSR count). The highest BCUT2D eigenvalue weighted by Crippen LogP contribution is 2.20. The van der Waals surface area contributed by atoms with Crippen molar-refractivity contribution in [2.24, 2.45) is 13.0 Å². The van der Waals surface area contributed by atoms with Gasteiger partial charge in [-0.15, -0.1) is 0 Å². The molecule has 1 fully saturated rings. The average Bonchev–Trinajstić information content (AvgIpc) is 3.17. The number of benzene rings is 1. The van der Waals surface area contributed by atoms with Crippen molar-refractivity contribution in [3.05, 3.63) is 76.8 Å². The number of nitrogens with zero attached hydrogens (tertiary/aromatic N) is 4. The molecule has 28 heavy (non-hydrogen) atoms. The van der Waals surface area contributed by atoms with Gasteiger partial charge in [0.15, 0.2) is 0 Å². The van der Waals surface area contributed by atoms with Crippen LogP contribution in [0.3, 0.4) is 0 Å². The Balaban J connectivity index is 1.40. The van der Waals surface area contributed by atoms with E-state index in [0.29, 0.717) is 17.6 Å². The molecule has 3 aromatic rings. The lowest BCUT2D eigenvalue weighted by Crippen LogP contribution is -2.26. The van der Waals surface area contributed by atoms with E-state index >= 15 is 0 Å². The molecular weight excluding hydrogens is 350 g/mol. The maximum atomic E-state index is 12.3. The van der Waals surface area contributed by atoms with Gasteiger partial charge in [0.2, 0.25) is 5.95 Å². The van der Waals surface area contributed by atoms with Gasteiger partial charge in [0, 0.05) is 50.7 Å². The van der Waals surface area contributed by atoms with Crippen LogP contribution in [0, 0.1) is 5.92 Å². The van der Waals surface area contributed by atoms with Gasteiger partial charge < -0.3 is 5.32 Å². The maximum Gasteiger partial charge on any atom is 0.255 e. The Labute approximate surface area is 164 Å². The summed E-state index contributed by atoms with van der Waals surface area (Å²) in [6, 6.07) is 15.9. The first-order valence-corrected chi connectivity index (χ1v) is 9.67. The zero-order chi connectivity index (χ0) is 19.3. The van der Waals surface area contributed by atoms with Gasteiger partial charge >= 0.3 is 0 Å². The van der Waals surface area contributed by atoms with E-state index in [4.69, 9.17) is 0 Å². The fourth-order valence-electron chi connectivity index (χ4n) is 3.67. The highest BCUT2D eigenvalue weighted by Gasteiger charge is 2.22. The topological polar surface area (TPSA) is 63.1 Å². The Kier molecular flexibility index (Phi) is 5.48. The molecule has 0 saturated carbocycles. The molecule has 6 heteroatoms. The van der Waals surface area contributed by atoms with Crippen molar-refractivity contribution < 1.29 is 0 Å². The number of nitrogens with one attached hydrogen (secondary N) is 1. The lowest BCUT2D eigenvalue weighted by atomic mass is 10.1. The molecule has 0 bridgehead atoms. The summed E-state index contributed by atoms with van der Waals surface area (Å²) in [5, 5.41) is 3.40. The third-order valence-electron chi connectivity index (χ3n) is 5.28. The number of rotatable bonds is 6. The fourth-order valence-corrected chi connectivity index (χ4v) is 3.67. The third-order valence-corrected chi connectivity index (χ3v) is 5.28. The molecule has 1 aliphatic rings. The predicted molar refractivity (Wildman–Crippen MR) is 111 cm³/mol. The van der Waals surface area contributed by atoms with Gasteiger partial charge in [0.05, 0.1) is 5.69 Å². The monoisotopic (exact) mass is 375 g/mol. The first kappa shape index (κ1) is 18.4. The highest BCUT2D eigenvalue weighted by molar-refractivity contribution is 5.59. The van der Waals surface area contributed by atoms with Crippen molar-refractivity contribution in [3.8, 4) is 11.3 Å². The summed E-state index contributed by atoms with van der Waals surface area (Å²) < 4.78 is 1.57. The average molecular weight is 375 g/mol. The summed E-state index contributed by atoms with van der Waals surface area (Å²) in [6.45, 7) is 3.96. The van der Waals surface area contributed by atoms with Crippen LogP contribution in [0.1, 0.15) is 12.0 Å². The van der Waals surface area contributed by atoms with Crippen LogP contribution in [-0.2, 0) is 13.6 Å². The maximum absolute atomic E-state index is 12.3. The van der Waals surface area contributed by atoms with E-state index in [1.165, 1.54) is 5.56 Å². The summed E-state index contributed by atoms with van der Waals surface area (Å²) in [4.78, 5) is 23.5. The van der Waals surface area contributed by atoms with Gasteiger partial charge in [-0.25, -0.2) is 4.98 Å². The zero-order valence-corrected chi connectivity index (χ0v) is 16.1. The number of pyridine rings is 1. The highest BCUT2D eigenvalue weighted by atomic mass is 16.1. The van der Waals surface area contributed by atoms with Crippen molar-refractivity contribution in [1.29, 1.82) is 0 Å². The van der Waals surface area contributed by atoms with Crippen LogP contribution in [0.4, 0.5) is 5.95 Å². The van der Waals surface area contributed by atoms with Crippen LogP contribution >= 0.6 is 0 Å². The largest absolute Gasteiger partial charge is 0.355 e. The second kappa shape index (κ2) is 8.35. The number of aromatic nitrogens is 3. The minimum atomic E-state index is -0.0681. The van der Waals surface area contributed by atoms with E-state index in [9.17, 15) is 4.79 Å². The molecule has 1 atom stereocenters. The SMILES string of the molecule is Cn1c(NCC2CCN(Cc3ccccc3)C2)nc(-c2ccncc2)cc1=O. The number of hydrogen-bond acceptors (Lipinski definition) is 5. The van der Waals surface area contributed by atoms with Crippen LogP contribution in [-0.4, -0.2) is 39.1 Å². The molecule has 3 heterocycles. The first-order valence-electron chi connectivity index (χ1n) is 9.67. The molecule has 1 aromatic carbocycles. The fraction of sp³-hybridized carbons (Fsp3) is 0.318. The van der Waals surface area contributed by atoms with Gasteiger partial charge in [0.1, 0.15) is 0 Å². The normalized spacial score (nSPS) is 17.0. The van der Waals surface area contributed by atoms with Crippen LogP contribution < -0.4 is 10.9 Å². The molecule has 0 amide bonds. The van der Waals surface area contributed by atoms with E-state index in [1.807, 2.05) is 12.1 Å². The lowest BCUT2D eigenvalue weighted by molar-refractivity contribution is 0.319. The van der Waals surface area contributed by atoms with E-state index in [0.717, 1.165) is 38.2 Å². The number of likely N-dealkylation sites (tertiary alicyclic amines) is 1. The van der Waals surface area contributed by atoms with Crippen LogP contribution in [0.15, 0.2) is 65.7 Å². The Hall–Kier alpha value is -2.99. The Morgan fingerprint density at radius 2 is 1.93 bits per heavy atom. The summed E-state index contributed by atoms with van der Waals surface area (Å²) in [5.41, 5.74) is 2.85. The number of hydrogen-bond donors (Lipinski definition) is 1. The first-order chi connectivity index (χ1) is 13.7. The van der Waals surface area contributed by atoms with Crippen LogP contribution in [0.2, 0.25) is 0 Å². The van der Waals surface area contributed by atoms with Crippen molar-refractivity contribution in [2.45, 2.75) is 13.0 Å². The number of anilines is 1. The minimum absolute atomic E-state index is 0.0681. The molecule has 6 nitrogen and oxygen atoms in total. The van der Waals surface area contributed by atoms with E-state index in [1.54, 1.807) is 30.1 Å². The standard InChI is InChI=1S/C22H25N5O/c1-26-21(28)13-20(19-7-10-23-11-8-19)25-22(26)24-14-18-9-12-27(16-18)15-17-5-3-2-4-6-17/h2-8,10-11,13,18H,9,12,14-16H2,1H3,(H,24,25). The van der Waals surface area contributed by atoms with Crippen LogP contribution in [0.25, 0.3) is 11.3 Å². The van der Waals surface area contributed by atoms with Crippen molar-refractivity contribution in [2.75, 3.05) is 25.0 Å². The Morgan fingerprint density at radius 3 is 2.71 bits per heavy atom. The molecule has 1 N–H and O–H groups in total. The summed E-state index contributed by atoms with van der Waals surface area (Å²) in [5.74, 6) is 1.16. The van der Waals surface area contributed by atoms with Gasteiger partial charge in [-0.05, 0) is 36.6 Å². The summed E-state index contributed by atoms with van der Waals surface area (Å²) in [7, 11) is 1.75. The second-order valence-corrected chi connectivity index (χ2v) is 7.35. The smallest absolute Gasteiger partial charge is 0.255 e. The van der Waals surface area contributed by atoms with Crippen molar-refractivity contribution in [3.63, 3.8) is 0 Å². The van der Waals surface area contributed by atoms with Crippen molar-refractivity contribution in [1.82, 2.24) is 19.4 Å². The molecule has 0 radical (unpaired) electrons. The summed E-state index contributed by atoms with van der Waals surface area (Å²) >= 11 is 0. The van der Waals surface area contributed by atoms with Crippen molar-refractivity contribution >= 4 is 5.95 Å². The van der Waals surface area contributed by atoms with Gasteiger partial charge in [-0.3, -0.25) is 19.2 Å². The molecular formula is C22H25N5O. The van der Waals surface area contributed by atoms with Gasteiger partial charge in [-0.1, -0.05) is 30.3 Å². The molecule has 1 unspecified atom stereocenters. The van der Waals surface area contributed by atoms with E-state index < -0.39 is 0 Å².